The summed E-state index contributed by atoms with van der Waals surface area (Å²) in [6.07, 6.45) is 8.89. The van der Waals surface area contributed by atoms with Crippen molar-refractivity contribution in [3.63, 3.8) is 0 Å². The normalized spacial score (nSPS) is 12.4. The van der Waals surface area contributed by atoms with Gasteiger partial charge in [-0.1, -0.05) is 26.7 Å². The van der Waals surface area contributed by atoms with Crippen LogP contribution in [0.4, 0.5) is 0 Å². The zero-order chi connectivity index (χ0) is 28.1. The van der Waals surface area contributed by atoms with E-state index in [4.69, 9.17) is 33.3 Å². The van der Waals surface area contributed by atoms with Crippen LogP contribution in [-0.4, -0.2) is 61.9 Å². The number of benzene rings is 1. The monoisotopic (exact) mass is 591 g/mol. The third-order valence-electron chi connectivity index (χ3n) is 4.88. The molecule has 9 nitrogen and oxygen atoms in total. The van der Waals surface area contributed by atoms with Crippen molar-refractivity contribution in [2.45, 2.75) is 52.4 Å². The summed E-state index contributed by atoms with van der Waals surface area (Å²) in [6, 6.07) is 7.67. The summed E-state index contributed by atoms with van der Waals surface area (Å²) in [5, 5.41) is 3.38. The molecule has 1 amide bonds. The molecule has 0 aliphatic rings. The molecule has 1 rings (SSSR count). The van der Waals surface area contributed by atoms with E-state index in [2.05, 4.69) is 36.7 Å². The average Bonchev–Trinajstić information content (AvgIpc) is 2.87. The molecule has 1 aromatic rings. The van der Waals surface area contributed by atoms with Gasteiger partial charge in [-0.15, -0.1) is 12.6 Å². The number of rotatable bonds is 22. The van der Waals surface area contributed by atoms with Crippen LogP contribution in [-0.2, 0) is 35.3 Å². The second kappa shape index (κ2) is 21.4. The van der Waals surface area contributed by atoms with Crippen LogP contribution in [0.25, 0.3) is 5.76 Å². The lowest BCUT2D eigenvalue weighted by Gasteiger charge is -2.12. The number of unbranched alkanes of at least 4 members (excludes halogenated alkanes) is 3. The van der Waals surface area contributed by atoms with E-state index in [1.54, 1.807) is 0 Å². The number of thiol groups is 1. The topological polar surface area (TPSA) is 116 Å². The lowest BCUT2D eigenvalue weighted by Crippen LogP contribution is -2.29. The minimum absolute atomic E-state index is 0.0151. The molecule has 0 aromatic heterocycles. The van der Waals surface area contributed by atoms with Crippen molar-refractivity contribution in [2.24, 2.45) is 0 Å². The number of amides is 1. The van der Waals surface area contributed by atoms with Crippen molar-refractivity contribution in [3.05, 3.63) is 47.1 Å². The second-order valence-electron chi connectivity index (χ2n) is 8.16. The van der Waals surface area contributed by atoms with E-state index in [0.717, 1.165) is 49.2 Å². The first-order valence-electron chi connectivity index (χ1n) is 12.9. The molecular formula is C26H42NO8PS2. The SMILES string of the molecule is CC/C=C(/S)O/C(=C/CC)c1ccc(OCCOCCOCC(=O)NCCCCCCOP(O)(O)=S)cc1. The smallest absolute Gasteiger partial charge is 0.321 e. The van der Waals surface area contributed by atoms with Gasteiger partial charge < -0.3 is 38.6 Å². The third kappa shape index (κ3) is 18.8. The molecule has 0 radical (unpaired) electrons. The minimum Gasteiger partial charge on any atom is -0.491 e. The zero-order valence-electron chi connectivity index (χ0n) is 22.3. The largest absolute Gasteiger partial charge is 0.491 e. The lowest BCUT2D eigenvalue weighted by molar-refractivity contribution is -0.126. The van der Waals surface area contributed by atoms with Gasteiger partial charge in [0.25, 0.3) is 0 Å². The number of carbonyl (C=O) groups excluding carboxylic acids is 1. The number of nitrogens with one attached hydrogen (secondary N) is 1. The molecule has 0 heterocycles. The van der Waals surface area contributed by atoms with Crippen LogP contribution >= 0.6 is 19.3 Å². The highest BCUT2D eigenvalue weighted by Crippen LogP contribution is 2.36. The Bertz CT molecular complexity index is 890. The van der Waals surface area contributed by atoms with Crippen molar-refractivity contribution in [1.29, 1.82) is 0 Å². The maximum absolute atomic E-state index is 11.8. The van der Waals surface area contributed by atoms with Gasteiger partial charge in [-0.3, -0.25) is 4.79 Å². The fraction of sp³-hybridized carbons (Fsp3) is 0.577. The Hall–Kier alpha value is -1.43. The van der Waals surface area contributed by atoms with Gasteiger partial charge in [-0.25, -0.2) is 0 Å². The highest BCUT2D eigenvalue weighted by molar-refractivity contribution is 8.06. The Morgan fingerprint density at radius 1 is 0.947 bits per heavy atom. The molecule has 3 N–H and O–H groups in total. The van der Waals surface area contributed by atoms with E-state index in [0.29, 0.717) is 44.5 Å². The Morgan fingerprint density at radius 2 is 1.61 bits per heavy atom. The molecule has 0 atom stereocenters. The summed E-state index contributed by atoms with van der Waals surface area (Å²) in [7, 11) is 0. The van der Waals surface area contributed by atoms with Crippen LogP contribution in [0.1, 0.15) is 57.9 Å². The van der Waals surface area contributed by atoms with E-state index in [1.165, 1.54) is 0 Å². The van der Waals surface area contributed by atoms with Gasteiger partial charge in [0.15, 0.2) is 5.09 Å². The first kappa shape index (κ1) is 34.6. The number of allylic oxidation sites excluding steroid dienone is 2. The fourth-order valence-electron chi connectivity index (χ4n) is 3.09. The Kier molecular flexibility index (Phi) is 19.5. The number of ether oxygens (including phenoxy) is 4. The Morgan fingerprint density at radius 3 is 2.29 bits per heavy atom. The first-order chi connectivity index (χ1) is 18.2. The minimum atomic E-state index is -3.55. The van der Waals surface area contributed by atoms with Crippen LogP contribution in [0.15, 0.2) is 41.5 Å². The zero-order valence-corrected chi connectivity index (χ0v) is 24.9. The summed E-state index contributed by atoms with van der Waals surface area (Å²) in [4.78, 5) is 29.7. The van der Waals surface area contributed by atoms with Gasteiger partial charge in [0, 0.05) is 12.1 Å². The Balaban J connectivity index is 2.07. The molecule has 0 spiro atoms. The molecule has 1 aromatic carbocycles. The van der Waals surface area contributed by atoms with Crippen LogP contribution in [0, 0.1) is 0 Å². The van der Waals surface area contributed by atoms with Crippen molar-refractivity contribution in [2.75, 3.05) is 46.2 Å². The van der Waals surface area contributed by atoms with E-state index in [-0.39, 0.29) is 19.1 Å². The van der Waals surface area contributed by atoms with Gasteiger partial charge in [0.05, 0.1) is 26.4 Å². The van der Waals surface area contributed by atoms with Crippen LogP contribution in [0.2, 0.25) is 0 Å². The predicted octanol–water partition coefficient (Wildman–Crippen LogP) is 4.95. The van der Waals surface area contributed by atoms with Crippen LogP contribution < -0.4 is 10.1 Å². The quantitative estimate of drug-likeness (QED) is 0.0644. The number of hydrogen-bond donors (Lipinski definition) is 4. The van der Waals surface area contributed by atoms with Gasteiger partial charge in [-0.2, -0.15) is 0 Å². The molecule has 38 heavy (non-hydrogen) atoms. The standard InChI is InChI=1S/C26H42NO8PS2/c1-3-9-24(35-26(37)10-4-2)22-11-13-23(14-12-22)33-20-19-31-17-18-32-21-25(28)27-15-7-5-6-8-16-34-36(29,30)38/h9-14,37H,3-8,15-21H2,1-2H3,(H,27,28)(H2,29,30,38)/b24-9+,26-10+. The van der Waals surface area contributed by atoms with E-state index >= 15 is 0 Å². The fourth-order valence-corrected chi connectivity index (χ4v) is 3.97. The summed E-state index contributed by atoms with van der Waals surface area (Å²) in [5.41, 5.74) is 0.950. The molecule has 0 aliphatic heterocycles. The van der Waals surface area contributed by atoms with E-state index in [9.17, 15) is 4.79 Å². The molecule has 0 bridgehead atoms. The van der Waals surface area contributed by atoms with Crippen molar-refractivity contribution >= 4 is 42.8 Å². The van der Waals surface area contributed by atoms with Crippen LogP contribution in [0.3, 0.4) is 0 Å². The highest BCUT2D eigenvalue weighted by atomic mass is 32.5. The maximum atomic E-state index is 11.8. The first-order valence-corrected chi connectivity index (χ1v) is 15.9. The molecule has 0 saturated carbocycles. The Labute approximate surface area is 237 Å². The van der Waals surface area contributed by atoms with Gasteiger partial charge in [0.1, 0.15) is 24.7 Å². The summed E-state index contributed by atoms with van der Waals surface area (Å²) in [5.74, 6) is 1.33. The number of carbonyl (C=O) groups is 1. The summed E-state index contributed by atoms with van der Waals surface area (Å²) in [6.45, 7) is 2.80. The summed E-state index contributed by atoms with van der Waals surface area (Å²) >= 11 is 8.73. The van der Waals surface area contributed by atoms with Crippen molar-refractivity contribution < 1.29 is 38.1 Å². The lowest BCUT2D eigenvalue weighted by atomic mass is 10.1. The molecule has 0 unspecified atom stereocenters. The molecule has 12 heteroatoms. The third-order valence-corrected chi connectivity index (χ3v) is 5.98. The van der Waals surface area contributed by atoms with Gasteiger partial charge >= 0.3 is 6.72 Å². The average molecular weight is 592 g/mol. The van der Waals surface area contributed by atoms with Crippen LogP contribution in [0.5, 0.6) is 5.75 Å². The maximum Gasteiger partial charge on any atom is 0.321 e. The molecule has 0 fully saturated rings. The van der Waals surface area contributed by atoms with Gasteiger partial charge in [0.2, 0.25) is 5.91 Å². The molecular weight excluding hydrogens is 549 g/mol. The summed E-state index contributed by atoms with van der Waals surface area (Å²) < 4.78 is 27.1. The molecule has 0 aliphatic carbocycles. The van der Waals surface area contributed by atoms with E-state index < -0.39 is 6.72 Å². The van der Waals surface area contributed by atoms with Crippen molar-refractivity contribution in [3.8, 4) is 5.75 Å². The van der Waals surface area contributed by atoms with Crippen molar-refractivity contribution in [1.82, 2.24) is 5.32 Å². The highest BCUT2D eigenvalue weighted by Gasteiger charge is 2.07. The predicted molar refractivity (Wildman–Crippen MR) is 156 cm³/mol. The van der Waals surface area contributed by atoms with Gasteiger partial charge in [-0.05, 0) is 73.9 Å². The molecule has 216 valence electrons. The van der Waals surface area contributed by atoms with E-state index in [1.807, 2.05) is 43.3 Å². The number of hydrogen-bond acceptors (Lipinski definition) is 8. The second-order valence-corrected chi connectivity index (χ2v) is 11.3. The molecule has 0 saturated heterocycles.